The number of guanidine groups is 1. The highest BCUT2D eigenvalue weighted by Crippen LogP contribution is 2.47. The molecule has 0 atom stereocenters. The van der Waals surface area contributed by atoms with Crippen LogP contribution in [-0.2, 0) is 11.3 Å². The highest BCUT2D eigenvalue weighted by atomic mass is 16.5. The van der Waals surface area contributed by atoms with Gasteiger partial charge in [0.15, 0.2) is 5.96 Å². The topological polar surface area (TPSA) is 40.1 Å². The fraction of sp³-hybridized carbons (Fsp3) is 0.667. The number of ether oxygens (including phenoxy) is 1. The maximum atomic E-state index is 5.51. The van der Waals surface area contributed by atoms with E-state index in [9.17, 15) is 0 Å². The van der Waals surface area contributed by atoms with Crippen LogP contribution in [0, 0.1) is 5.41 Å². The molecule has 1 spiro atoms. The number of hydrogen-bond donors (Lipinski definition) is 1. The van der Waals surface area contributed by atoms with Crippen LogP contribution in [0.15, 0.2) is 29.3 Å². The van der Waals surface area contributed by atoms with Crippen LogP contribution in [0.2, 0.25) is 0 Å². The molecule has 2 saturated heterocycles. The van der Waals surface area contributed by atoms with Crippen molar-refractivity contribution in [3.63, 3.8) is 0 Å². The van der Waals surface area contributed by atoms with Crippen molar-refractivity contribution in [2.75, 3.05) is 50.8 Å². The zero-order valence-corrected chi connectivity index (χ0v) is 16.0. The summed E-state index contributed by atoms with van der Waals surface area (Å²) in [6, 6.07) is 8.70. The Morgan fingerprint density at radius 3 is 2.65 bits per heavy atom. The average Bonchev–Trinajstić information content (AvgIpc) is 3.12. The number of nitrogens with one attached hydrogen (secondary N) is 1. The van der Waals surface area contributed by atoms with E-state index in [0.29, 0.717) is 5.41 Å². The number of anilines is 1. The second-order valence-electron chi connectivity index (χ2n) is 7.92. The smallest absolute Gasteiger partial charge is 0.194 e. The van der Waals surface area contributed by atoms with E-state index in [1.807, 2.05) is 0 Å². The lowest BCUT2D eigenvalue weighted by Gasteiger charge is -2.38. The van der Waals surface area contributed by atoms with E-state index in [-0.39, 0.29) is 0 Å². The summed E-state index contributed by atoms with van der Waals surface area (Å²) < 4.78 is 5.51. The van der Waals surface area contributed by atoms with Gasteiger partial charge in [0, 0.05) is 38.4 Å². The molecule has 0 amide bonds. The number of nitrogens with zero attached hydrogens (tertiary/aromatic N) is 3. The molecule has 0 bridgehead atoms. The molecule has 4 rings (SSSR count). The third kappa shape index (κ3) is 3.68. The lowest BCUT2D eigenvalue weighted by molar-refractivity contribution is 0.122. The Kier molecular flexibility index (Phi) is 5.34. The Hall–Kier alpha value is -1.75. The number of rotatable bonds is 4. The summed E-state index contributed by atoms with van der Waals surface area (Å²) in [5.74, 6) is 1.09. The zero-order valence-electron chi connectivity index (χ0n) is 16.0. The minimum Gasteiger partial charge on any atom is -0.378 e. The van der Waals surface area contributed by atoms with Crippen molar-refractivity contribution in [2.45, 2.75) is 39.2 Å². The first-order valence-corrected chi connectivity index (χ1v) is 10.2. The number of benzene rings is 1. The van der Waals surface area contributed by atoms with Crippen LogP contribution < -0.4 is 10.2 Å². The largest absolute Gasteiger partial charge is 0.378 e. The number of morpholine rings is 1. The molecule has 3 fully saturated rings. The van der Waals surface area contributed by atoms with Crippen molar-refractivity contribution < 1.29 is 4.74 Å². The van der Waals surface area contributed by atoms with Crippen LogP contribution in [0.5, 0.6) is 0 Å². The Morgan fingerprint density at radius 1 is 1.15 bits per heavy atom. The first kappa shape index (κ1) is 17.7. The lowest BCUT2D eigenvalue weighted by Crippen LogP contribution is -2.42. The van der Waals surface area contributed by atoms with Crippen LogP contribution in [0.1, 0.15) is 38.2 Å². The van der Waals surface area contributed by atoms with Crippen LogP contribution in [0.3, 0.4) is 0 Å². The molecular weight excluding hydrogens is 324 g/mol. The molecule has 3 aliphatic rings. The minimum absolute atomic E-state index is 0.599. The summed E-state index contributed by atoms with van der Waals surface area (Å²) in [6.07, 6.45) is 5.56. The normalized spacial score (nSPS) is 22.6. The predicted molar refractivity (Wildman–Crippen MR) is 107 cm³/mol. The molecule has 26 heavy (non-hydrogen) atoms. The second kappa shape index (κ2) is 7.87. The van der Waals surface area contributed by atoms with Gasteiger partial charge in [0.25, 0.3) is 0 Å². The summed E-state index contributed by atoms with van der Waals surface area (Å²) in [5, 5.41) is 3.52. The standard InChI is InChI=1S/C21H32N4O/c1-2-22-20(25-11-10-21(17-25)8-5-9-21)23-16-18-6-3-4-7-19(18)24-12-14-26-15-13-24/h3-4,6-7H,2,5,8-17H2,1H3,(H,22,23). The zero-order chi connectivity index (χ0) is 17.8. The maximum absolute atomic E-state index is 5.51. The second-order valence-corrected chi connectivity index (χ2v) is 7.92. The lowest BCUT2D eigenvalue weighted by atomic mass is 9.68. The Labute approximate surface area is 157 Å². The molecule has 142 valence electrons. The predicted octanol–water partition coefficient (Wildman–Crippen LogP) is 2.86. The molecule has 0 aromatic heterocycles. The molecule has 1 aliphatic carbocycles. The van der Waals surface area contributed by atoms with Crippen LogP contribution >= 0.6 is 0 Å². The summed E-state index contributed by atoms with van der Waals surface area (Å²) in [5.41, 5.74) is 3.22. The molecule has 1 aromatic carbocycles. The van der Waals surface area contributed by atoms with Crippen molar-refractivity contribution in [1.29, 1.82) is 0 Å². The van der Waals surface area contributed by atoms with Crippen LogP contribution in [-0.4, -0.2) is 56.8 Å². The third-order valence-electron chi connectivity index (χ3n) is 6.23. The van der Waals surface area contributed by atoms with Crippen LogP contribution in [0.4, 0.5) is 5.69 Å². The minimum atomic E-state index is 0.599. The van der Waals surface area contributed by atoms with E-state index >= 15 is 0 Å². The van der Waals surface area contributed by atoms with E-state index in [0.717, 1.165) is 51.9 Å². The Bertz CT molecular complexity index is 635. The van der Waals surface area contributed by atoms with Crippen molar-refractivity contribution in [3.05, 3.63) is 29.8 Å². The molecule has 0 radical (unpaired) electrons. The fourth-order valence-corrected chi connectivity index (χ4v) is 4.54. The number of likely N-dealkylation sites (tertiary alicyclic amines) is 1. The van der Waals surface area contributed by atoms with Gasteiger partial charge in [-0.2, -0.15) is 0 Å². The van der Waals surface area contributed by atoms with Gasteiger partial charge in [-0.1, -0.05) is 24.6 Å². The summed E-state index contributed by atoms with van der Waals surface area (Å²) in [6.45, 7) is 9.72. The molecular formula is C21H32N4O. The third-order valence-corrected chi connectivity index (χ3v) is 6.23. The van der Waals surface area contributed by atoms with Crippen molar-refractivity contribution >= 4 is 11.6 Å². The molecule has 5 heteroatoms. The molecule has 2 aliphatic heterocycles. The quantitative estimate of drug-likeness (QED) is 0.665. The highest BCUT2D eigenvalue weighted by molar-refractivity contribution is 5.80. The number of hydrogen-bond acceptors (Lipinski definition) is 3. The Balaban J connectivity index is 1.48. The summed E-state index contributed by atoms with van der Waals surface area (Å²) in [7, 11) is 0. The first-order chi connectivity index (χ1) is 12.8. The van der Waals surface area contributed by atoms with Gasteiger partial charge in [-0.3, -0.25) is 0 Å². The first-order valence-electron chi connectivity index (χ1n) is 10.2. The maximum Gasteiger partial charge on any atom is 0.194 e. The van der Waals surface area contributed by atoms with E-state index in [1.165, 1.54) is 43.5 Å². The summed E-state index contributed by atoms with van der Waals surface area (Å²) in [4.78, 5) is 9.94. The van der Waals surface area contributed by atoms with Gasteiger partial charge in [0.1, 0.15) is 0 Å². The molecule has 1 aromatic rings. The monoisotopic (exact) mass is 356 g/mol. The SMILES string of the molecule is CCNC(=NCc1ccccc1N1CCOCC1)N1CCC2(CCC2)C1. The van der Waals surface area contributed by atoms with Gasteiger partial charge in [-0.15, -0.1) is 0 Å². The van der Waals surface area contributed by atoms with Crippen LogP contribution in [0.25, 0.3) is 0 Å². The molecule has 2 heterocycles. The van der Waals surface area contributed by atoms with Gasteiger partial charge in [0.05, 0.1) is 19.8 Å². The summed E-state index contributed by atoms with van der Waals surface area (Å²) >= 11 is 0. The molecule has 1 N–H and O–H groups in total. The van der Waals surface area contributed by atoms with Gasteiger partial charge >= 0.3 is 0 Å². The molecule has 5 nitrogen and oxygen atoms in total. The Morgan fingerprint density at radius 2 is 1.96 bits per heavy atom. The highest BCUT2D eigenvalue weighted by Gasteiger charge is 2.43. The van der Waals surface area contributed by atoms with Crippen molar-refractivity contribution in [1.82, 2.24) is 10.2 Å². The molecule has 1 saturated carbocycles. The van der Waals surface area contributed by atoms with Gasteiger partial charge in [-0.25, -0.2) is 4.99 Å². The number of aliphatic imine (C=N–C) groups is 1. The van der Waals surface area contributed by atoms with Gasteiger partial charge < -0.3 is 19.9 Å². The van der Waals surface area contributed by atoms with Gasteiger partial charge in [0.2, 0.25) is 0 Å². The van der Waals surface area contributed by atoms with Gasteiger partial charge in [-0.05, 0) is 43.2 Å². The van der Waals surface area contributed by atoms with E-state index in [2.05, 4.69) is 46.3 Å². The van der Waals surface area contributed by atoms with Crippen molar-refractivity contribution in [2.24, 2.45) is 10.4 Å². The van der Waals surface area contributed by atoms with E-state index < -0.39 is 0 Å². The average molecular weight is 357 g/mol. The van der Waals surface area contributed by atoms with Crippen molar-refractivity contribution in [3.8, 4) is 0 Å². The number of para-hydroxylation sites is 1. The van der Waals surface area contributed by atoms with E-state index in [4.69, 9.17) is 9.73 Å². The molecule has 0 unspecified atom stereocenters. The fourth-order valence-electron chi connectivity index (χ4n) is 4.54. The van der Waals surface area contributed by atoms with E-state index in [1.54, 1.807) is 0 Å².